The van der Waals surface area contributed by atoms with Gasteiger partial charge in [0.1, 0.15) is 12.1 Å². The fraction of sp³-hybridized carbons (Fsp3) is 0.286. The summed E-state index contributed by atoms with van der Waals surface area (Å²) in [5, 5.41) is 2.70. The van der Waals surface area contributed by atoms with Gasteiger partial charge in [0.25, 0.3) is 5.91 Å². The molecule has 1 aliphatic carbocycles. The number of nitrogens with zero attached hydrogens (tertiary/aromatic N) is 2. The molecule has 1 heterocycles. The van der Waals surface area contributed by atoms with Gasteiger partial charge in [-0.1, -0.05) is 36.4 Å². The Balaban J connectivity index is 1.39. The smallest absolute Gasteiger partial charge is 0.328 e. The van der Waals surface area contributed by atoms with Crippen LogP contribution in [0.25, 0.3) is 11.0 Å². The second-order valence-electron chi connectivity index (χ2n) is 6.91. The molecule has 0 spiro atoms. The molecule has 0 aliphatic heterocycles. The number of aryl methyl sites for hydroxylation is 1. The fourth-order valence-corrected chi connectivity index (χ4v) is 3.54. The van der Waals surface area contributed by atoms with E-state index in [9.17, 15) is 9.59 Å². The van der Waals surface area contributed by atoms with Crippen molar-refractivity contribution in [3.05, 3.63) is 65.5 Å². The van der Waals surface area contributed by atoms with Gasteiger partial charge in [0.05, 0.1) is 11.0 Å². The third kappa shape index (κ3) is 3.30. The maximum atomic E-state index is 12.6. The molecule has 2 aromatic carbocycles. The summed E-state index contributed by atoms with van der Waals surface area (Å²) in [7, 11) is 1.78. The van der Waals surface area contributed by atoms with Crippen molar-refractivity contribution >= 4 is 22.9 Å². The molecule has 0 fully saturated rings. The number of hydrogen-bond acceptors (Lipinski definition) is 4. The van der Waals surface area contributed by atoms with Crippen LogP contribution in [0.15, 0.2) is 48.5 Å². The SMILES string of the molecule is CC(NC(=O)c1nc2ccccc2n1C)C(=O)OC1Cc2ccccc2C1. The van der Waals surface area contributed by atoms with Crippen molar-refractivity contribution in [3.63, 3.8) is 0 Å². The van der Waals surface area contributed by atoms with Crippen LogP contribution in [-0.2, 0) is 29.4 Å². The first-order valence-electron chi connectivity index (χ1n) is 9.02. The summed E-state index contributed by atoms with van der Waals surface area (Å²) in [6, 6.07) is 14.9. The van der Waals surface area contributed by atoms with E-state index < -0.39 is 17.9 Å². The molecule has 6 nitrogen and oxygen atoms in total. The molecule has 6 heteroatoms. The van der Waals surface area contributed by atoms with Crippen LogP contribution >= 0.6 is 0 Å². The minimum absolute atomic E-state index is 0.176. The Labute approximate surface area is 157 Å². The highest BCUT2D eigenvalue weighted by Crippen LogP contribution is 2.24. The number of rotatable bonds is 4. The number of ether oxygens (including phenoxy) is 1. The summed E-state index contributed by atoms with van der Waals surface area (Å²) in [5.74, 6) is -0.558. The Morgan fingerprint density at radius 2 is 1.74 bits per heavy atom. The summed E-state index contributed by atoms with van der Waals surface area (Å²) < 4.78 is 7.32. The summed E-state index contributed by atoms with van der Waals surface area (Å²) in [4.78, 5) is 29.3. The molecule has 1 amide bonds. The zero-order chi connectivity index (χ0) is 19.0. The molecule has 0 saturated carbocycles. The minimum Gasteiger partial charge on any atom is -0.460 e. The molecule has 0 bridgehead atoms. The zero-order valence-electron chi connectivity index (χ0n) is 15.3. The molecule has 1 aliphatic rings. The monoisotopic (exact) mass is 363 g/mol. The van der Waals surface area contributed by atoms with Crippen LogP contribution in [0.5, 0.6) is 0 Å². The molecule has 4 rings (SSSR count). The van der Waals surface area contributed by atoms with E-state index in [1.54, 1.807) is 18.5 Å². The van der Waals surface area contributed by atoms with Crippen LogP contribution in [0.1, 0.15) is 28.7 Å². The van der Waals surface area contributed by atoms with Crippen molar-refractivity contribution in [2.24, 2.45) is 7.05 Å². The molecule has 1 unspecified atom stereocenters. The van der Waals surface area contributed by atoms with Crippen LogP contribution in [0.3, 0.4) is 0 Å². The van der Waals surface area contributed by atoms with Gasteiger partial charge in [-0.15, -0.1) is 0 Å². The van der Waals surface area contributed by atoms with E-state index in [2.05, 4.69) is 22.4 Å². The van der Waals surface area contributed by atoms with E-state index in [1.165, 1.54) is 11.1 Å². The van der Waals surface area contributed by atoms with Crippen molar-refractivity contribution in [2.45, 2.75) is 31.9 Å². The Hall–Kier alpha value is -3.15. The van der Waals surface area contributed by atoms with E-state index >= 15 is 0 Å². The van der Waals surface area contributed by atoms with Gasteiger partial charge in [-0.2, -0.15) is 0 Å². The number of imidazole rings is 1. The molecular weight excluding hydrogens is 342 g/mol. The van der Waals surface area contributed by atoms with Gasteiger partial charge in [-0.3, -0.25) is 4.79 Å². The van der Waals surface area contributed by atoms with Gasteiger partial charge in [0.15, 0.2) is 5.82 Å². The number of carbonyl (C=O) groups is 2. The number of benzene rings is 2. The predicted molar refractivity (Wildman–Crippen MR) is 101 cm³/mol. The topological polar surface area (TPSA) is 73.2 Å². The number of hydrogen-bond donors (Lipinski definition) is 1. The van der Waals surface area contributed by atoms with Crippen LogP contribution in [0.2, 0.25) is 0 Å². The normalized spacial score (nSPS) is 14.7. The molecule has 0 saturated heterocycles. The highest BCUT2D eigenvalue weighted by molar-refractivity contribution is 5.96. The van der Waals surface area contributed by atoms with E-state index in [0.29, 0.717) is 12.8 Å². The Morgan fingerprint density at radius 1 is 1.11 bits per heavy atom. The van der Waals surface area contributed by atoms with Crippen molar-refractivity contribution < 1.29 is 14.3 Å². The summed E-state index contributed by atoms with van der Waals surface area (Å²) in [5.41, 5.74) is 4.03. The van der Waals surface area contributed by atoms with Gasteiger partial charge >= 0.3 is 5.97 Å². The van der Waals surface area contributed by atoms with Crippen molar-refractivity contribution in [3.8, 4) is 0 Å². The number of amides is 1. The van der Waals surface area contributed by atoms with Gasteiger partial charge in [-0.05, 0) is 30.2 Å². The molecule has 3 aromatic rings. The quantitative estimate of drug-likeness (QED) is 0.723. The van der Waals surface area contributed by atoms with Crippen LogP contribution in [0.4, 0.5) is 0 Å². The molecule has 138 valence electrons. The third-order valence-corrected chi connectivity index (χ3v) is 4.99. The van der Waals surface area contributed by atoms with Crippen LogP contribution < -0.4 is 5.32 Å². The zero-order valence-corrected chi connectivity index (χ0v) is 15.3. The number of carbonyl (C=O) groups excluding carboxylic acids is 2. The number of esters is 1. The number of para-hydroxylation sites is 2. The lowest BCUT2D eigenvalue weighted by molar-refractivity contribution is -0.150. The Kier molecular flexibility index (Phi) is 4.39. The summed E-state index contributed by atoms with van der Waals surface area (Å²) in [6.45, 7) is 1.63. The van der Waals surface area contributed by atoms with E-state index in [-0.39, 0.29) is 11.9 Å². The van der Waals surface area contributed by atoms with E-state index in [1.807, 2.05) is 36.4 Å². The second kappa shape index (κ2) is 6.87. The van der Waals surface area contributed by atoms with Gasteiger partial charge in [0.2, 0.25) is 0 Å². The maximum Gasteiger partial charge on any atom is 0.328 e. The maximum absolute atomic E-state index is 12.6. The Morgan fingerprint density at radius 3 is 2.41 bits per heavy atom. The van der Waals surface area contributed by atoms with Crippen LogP contribution in [-0.4, -0.2) is 33.6 Å². The first-order chi connectivity index (χ1) is 13.0. The highest BCUT2D eigenvalue weighted by Gasteiger charge is 2.28. The van der Waals surface area contributed by atoms with Gasteiger partial charge in [-0.25, -0.2) is 9.78 Å². The summed E-state index contributed by atoms with van der Waals surface area (Å²) in [6.07, 6.45) is 1.26. The number of aromatic nitrogens is 2. The Bertz CT molecular complexity index is 999. The molecule has 0 radical (unpaired) electrons. The van der Waals surface area contributed by atoms with E-state index in [0.717, 1.165) is 11.0 Å². The molecule has 27 heavy (non-hydrogen) atoms. The molecular formula is C21H21N3O3. The molecule has 1 atom stereocenters. The highest BCUT2D eigenvalue weighted by atomic mass is 16.5. The van der Waals surface area contributed by atoms with Crippen molar-refractivity contribution in [1.82, 2.24) is 14.9 Å². The second-order valence-corrected chi connectivity index (χ2v) is 6.91. The lowest BCUT2D eigenvalue weighted by Gasteiger charge is -2.17. The number of fused-ring (bicyclic) bond motifs is 2. The number of nitrogens with one attached hydrogen (secondary N) is 1. The summed E-state index contributed by atoms with van der Waals surface area (Å²) >= 11 is 0. The average molecular weight is 363 g/mol. The van der Waals surface area contributed by atoms with Crippen molar-refractivity contribution in [1.29, 1.82) is 0 Å². The minimum atomic E-state index is -0.749. The largest absolute Gasteiger partial charge is 0.460 e. The average Bonchev–Trinajstić information content (AvgIpc) is 3.22. The third-order valence-electron chi connectivity index (χ3n) is 4.99. The standard InChI is InChI=1S/C21H21N3O3/c1-13(21(26)27-16-11-14-7-3-4-8-15(14)12-16)22-20(25)19-23-17-9-5-6-10-18(17)24(19)2/h3-10,13,16H,11-12H2,1-2H3,(H,22,25). The van der Waals surface area contributed by atoms with Gasteiger partial charge in [0, 0.05) is 19.9 Å². The lowest BCUT2D eigenvalue weighted by atomic mass is 10.1. The first-order valence-corrected chi connectivity index (χ1v) is 9.02. The van der Waals surface area contributed by atoms with Gasteiger partial charge < -0.3 is 14.6 Å². The van der Waals surface area contributed by atoms with Crippen molar-refractivity contribution in [2.75, 3.05) is 0 Å². The van der Waals surface area contributed by atoms with E-state index in [4.69, 9.17) is 4.74 Å². The molecule has 1 N–H and O–H groups in total. The molecule has 1 aromatic heterocycles. The fourth-order valence-electron chi connectivity index (χ4n) is 3.54. The first kappa shape index (κ1) is 17.3. The predicted octanol–water partition coefficient (Wildman–Crippen LogP) is 2.40. The lowest BCUT2D eigenvalue weighted by Crippen LogP contribution is -2.41. The van der Waals surface area contributed by atoms with Crippen LogP contribution in [0, 0.1) is 0 Å².